The van der Waals surface area contributed by atoms with E-state index in [1.807, 2.05) is 0 Å². The van der Waals surface area contributed by atoms with Gasteiger partial charge in [-0.2, -0.15) is 8.42 Å². The quantitative estimate of drug-likeness (QED) is 0.548. The first kappa shape index (κ1) is 8.87. The fraction of sp³-hybridized carbons (Fsp3) is 1.00. The van der Waals surface area contributed by atoms with Crippen molar-refractivity contribution in [2.75, 3.05) is 12.9 Å². The molecule has 5 heteroatoms. The smallest absolute Gasteiger partial charge is 0.269 e. The molecule has 0 aromatic carbocycles. The maximum atomic E-state index is 10.4. The van der Waals surface area contributed by atoms with Gasteiger partial charge in [-0.3, -0.25) is 4.18 Å². The largest absolute Gasteiger partial charge is 0.392 e. The molecule has 0 aliphatic heterocycles. The van der Waals surface area contributed by atoms with Crippen LogP contribution in [0.15, 0.2) is 0 Å². The highest BCUT2D eigenvalue weighted by molar-refractivity contribution is 7.86. The summed E-state index contributed by atoms with van der Waals surface area (Å²) in [6.07, 6.45) is -0.866. The van der Waals surface area contributed by atoms with Crippen molar-refractivity contribution in [1.82, 2.24) is 0 Å². The molecule has 0 fully saturated rings. The van der Waals surface area contributed by atoms with Crippen LogP contribution in [0.25, 0.3) is 0 Å². The summed E-state index contributed by atoms with van der Waals surface area (Å²) < 4.78 is 24.9. The van der Waals surface area contributed by atoms with Gasteiger partial charge in [0.25, 0.3) is 10.1 Å². The van der Waals surface area contributed by atoms with E-state index < -0.39 is 16.2 Å². The molecule has 0 rings (SSSR count). The van der Waals surface area contributed by atoms with Crippen LogP contribution in [-0.2, 0) is 14.3 Å². The molecule has 0 radical (unpaired) electrons. The predicted octanol–water partition coefficient (Wildman–Crippen LogP) is -0.657. The van der Waals surface area contributed by atoms with Crippen LogP contribution >= 0.6 is 0 Å². The van der Waals surface area contributed by atoms with E-state index in [-0.39, 0.29) is 5.75 Å². The van der Waals surface area contributed by atoms with Gasteiger partial charge in [-0.05, 0) is 6.92 Å². The summed E-state index contributed by atoms with van der Waals surface area (Å²) in [6.45, 7) is 1.39. The third-order valence-corrected chi connectivity index (χ3v) is 2.10. The first-order chi connectivity index (χ1) is 3.98. The van der Waals surface area contributed by atoms with E-state index in [2.05, 4.69) is 4.18 Å². The molecule has 56 valence electrons. The number of hydrogen-bond acceptors (Lipinski definition) is 4. The monoisotopic (exact) mass is 154 g/mol. The lowest BCUT2D eigenvalue weighted by atomic mass is 10.5. The minimum Gasteiger partial charge on any atom is -0.392 e. The summed E-state index contributed by atoms with van der Waals surface area (Å²) >= 11 is 0. The van der Waals surface area contributed by atoms with E-state index in [0.29, 0.717) is 0 Å². The Kier molecular flexibility index (Phi) is 3.10. The number of aliphatic hydroxyl groups is 1. The second-order valence-electron chi connectivity index (χ2n) is 1.74. The topological polar surface area (TPSA) is 63.6 Å². The molecule has 1 N–H and O–H groups in total. The summed E-state index contributed by atoms with van der Waals surface area (Å²) in [5.41, 5.74) is 0. The van der Waals surface area contributed by atoms with Gasteiger partial charge in [-0.15, -0.1) is 0 Å². The van der Waals surface area contributed by atoms with Crippen molar-refractivity contribution >= 4 is 10.1 Å². The lowest BCUT2D eigenvalue weighted by molar-refractivity contribution is 0.213. The van der Waals surface area contributed by atoms with Gasteiger partial charge in [-0.1, -0.05) is 0 Å². The van der Waals surface area contributed by atoms with E-state index in [9.17, 15) is 8.42 Å². The summed E-state index contributed by atoms with van der Waals surface area (Å²) in [4.78, 5) is 0. The Labute approximate surface area is 54.6 Å². The lowest BCUT2D eigenvalue weighted by Gasteiger charge is -2.01. The third kappa shape index (κ3) is 4.38. The van der Waals surface area contributed by atoms with Crippen LogP contribution < -0.4 is 0 Å². The molecular weight excluding hydrogens is 144 g/mol. The zero-order chi connectivity index (χ0) is 7.49. The summed E-state index contributed by atoms with van der Waals surface area (Å²) in [7, 11) is -2.40. The maximum Gasteiger partial charge on any atom is 0.269 e. The average molecular weight is 154 g/mol. The van der Waals surface area contributed by atoms with Crippen LogP contribution in [0.3, 0.4) is 0 Å². The first-order valence-corrected chi connectivity index (χ1v) is 4.02. The Hall–Kier alpha value is -0.130. The van der Waals surface area contributed by atoms with Crippen LogP contribution in [0.1, 0.15) is 6.92 Å². The Bertz CT molecular complexity index is 157. The molecule has 0 saturated carbocycles. The molecular formula is C4H10O4S. The highest BCUT2D eigenvalue weighted by atomic mass is 32.2. The molecule has 0 aromatic rings. The van der Waals surface area contributed by atoms with Gasteiger partial charge in [0.05, 0.1) is 13.2 Å². The van der Waals surface area contributed by atoms with Crippen molar-refractivity contribution < 1.29 is 17.7 Å². The Morgan fingerprint density at radius 1 is 1.67 bits per heavy atom. The van der Waals surface area contributed by atoms with Gasteiger partial charge in [0, 0.05) is 0 Å². The van der Waals surface area contributed by atoms with E-state index >= 15 is 0 Å². The molecule has 1 atom stereocenters. The van der Waals surface area contributed by atoms with Crippen LogP contribution in [0, 0.1) is 0 Å². The molecule has 1 unspecified atom stereocenters. The molecule has 0 aromatic heterocycles. The van der Waals surface area contributed by atoms with Gasteiger partial charge in [0.15, 0.2) is 0 Å². The van der Waals surface area contributed by atoms with Crippen molar-refractivity contribution in [1.29, 1.82) is 0 Å². The Morgan fingerprint density at radius 2 is 2.11 bits per heavy atom. The van der Waals surface area contributed by atoms with Crippen molar-refractivity contribution in [3.8, 4) is 0 Å². The minimum absolute atomic E-state index is 0.344. The van der Waals surface area contributed by atoms with Gasteiger partial charge in [0.1, 0.15) is 5.75 Å². The molecule has 9 heavy (non-hydrogen) atoms. The SMILES string of the molecule is COS(=O)(=O)CC(C)O. The molecule has 0 heterocycles. The molecule has 0 aliphatic carbocycles. The first-order valence-electron chi connectivity index (χ1n) is 2.44. The van der Waals surface area contributed by atoms with E-state index in [1.165, 1.54) is 6.92 Å². The number of hydrogen-bond donors (Lipinski definition) is 1. The van der Waals surface area contributed by atoms with Crippen LogP contribution in [-0.4, -0.2) is 32.5 Å². The summed E-state index contributed by atoms with van der Waals surface area (Å²) in [5.74, 6) is -0.344. The van der Waals surface area contributed by atoms with Crippen LogP contribution in [0.2, 0.25) is 0 Å². The molecule has 0 spiro atoms. The van der Waals surface area contributed by atoms with Crippen molar-refractivity contribution in [2.45, 2.75) is 13.0 Å². The number of aliphatic hydroxyl groups excluding tert-OH is 1. The van der Waals surface area contributed by atoms with E-state index in [0.717, 1.165) is 7.11 Å². The van der Waals surface area contributed by atoms with Crippen molar-refractivity contribution in [2.24, 2.45) is 0 Å². The lowest BCUT2D eigenvalue weighted by Crippen LogP contribution is -2.18. The van der Waals surface area contributed by atoms with Gasteiger partial charge < -0.3 is 5.11 Å². The van der Waals surface area contributed by atoms with Gasteiger partial charge >= 0.3 is 0 Å². The Morgan fingerprint density at radius 3 is 2.22 bits per heavy atom. The van der Waals surface area contributed by atoms with Gasteiger partial charge in [-0.25, -0.2) is 0 Å². The highest BCUT2D eigenvalue weighted by Crippen LogP contribution is 1.92. The zero-order valence-electron chi connectivity index (χ0n) is 5.36. The Balaban J connectivity index is 3.90. The molecule has 0 aliphatic rings. The maximum absolute atomic E-state index is 10.4. The normalized spacial score (nSPS) is 15.4. The van der Waals surface area contributed by atoms with Crippen LogP contribution in [0.4, 0.5) is 0 Å². The van der Waals surface area contributed by atoms with E-state index in [1.54, 1.807) is 0 Å². The fourth-order valence-corrected chi connectivity index (χ4v) is 1.09. The van der Waals surface area contributed by atoms with E-state index in [4.69, 9.17) is 5.11 Å². The van der Waals surface area contributed by atoms with Crippen molar-refractivity contribution in [3.05, 3.63) is 0 Å². The zero-order valence-corrected chi connectivity index (χ0v) is 6.18. The number of rotatable bonds is 3. The van der Waals surface area contributed by atoms with Crippen LogP contribution in [0.5, 0.6) is 0 Å². The minimum atomic E-state index is -3.47. The molecule has 4 nitrogen and oxygen atoms in total. The van der Waals surface area contributed by atoms with Crippen molar-refractivity contribution in [3.63, 3.8) is 0 Å². The molecule has 0 saturated heterocycles. The standard InChI is InChI=1S/C4H10O4S/c1-4(5)3-9(6,7)8-2/h4-5H,3H2,1-2H3. The fourth-order valence-electron chi connectivity index (χ4n) is 0.363. The summed E-state index contributed by atoms with van der Waals surface area (Å²) in [6, 6.07) is 0. The second kappa shape index (κ2) is 3.14. The predicted molar refractivity (Wildman–Crippen MR) is 32.5 cm³/mol. The molecule has 0 amide bonds. The molecule has 0 bridgehead atoms. The average Bonchev–Trinajstić information content (AvgIpc) is 1.63. The van der Waals surface area contributed by atoms with Gasteiger partial charge in [0.2, 0.25) is 0 Å². The second-order valence-corrected chi connectivity index (χ2v) is 3.52. The highest BCUT2D eigenvalue weighted by Gasteiger charge is 2.11. The third-order valence-electron chi connectivity index (χ3n) is 0.699. The summed E-state index contributed by atoms with van der Waals surface area (Å²) in [5, 5.41) is 8.56.